The zero-order valence-corrected chi connectivity index (χ0v) is 11.5. The fraction of sp³-hybridized carbons (Fsp3) is 0.214. The maximum Gasteiger partial charge on any atom is 0.340 e. The van der Waals surface area contributed by atoms with Gasteiger partial charge in [-0.2, -0.15) is 0 Å². The lowest BCUT2D eigenvalue weighted by atomic mass is 10.1. The quantitative estimate of drug-likeness (QED) is 0.793. The molecule has 1 heterocycles. The molecule has 1 aromatic carbocycles. The number of esters is 1. The van der Waals surface area contributed by atoms with Crippen LogP contribution in [0.5, 0.6) is 5.88 Å². The molecule has 0 unspecified atom stereocenters. The summed E-state index contributed by atoms with van der Waals surface area (Å²) >= 11 is 0. The summed E-state index contributed by atoms with van der Waals surface area (Å²) in [5, 5.41) is 3.96. The first-order valence-electron chi connectivity index (χ1n) is 6.04. The Hall–Kier alpha value is -2.70. The molecule has 0 N–H and O–H groups in total. The average Bonchev–Trinajstić information content (AvgIpc) is 2.49. The molecular weight excluding hydrogens is 279 g/mol. The van der Waals surface area contributed by atoms with Crippen LogP contribution in [-0.2, 0) is 11.3 Å². The maximum atomic E-state index is 13.8. The molecule has 7 heteroatoms. The largest absolute Gasteiger partial charge is 0.480 e. The number of benzene rings is 1. The van der Waals surface area contributed by atoms with E-state index in [1.54, 1.807) is 0 Å². The summed E-state index contributed by atoms with van der Waals surface area (Å²) in [6.07, 6.45) is 0. The van der Waals surface area contributed by atoms with Crippen molar-refractivity contribution >= 4 is 5.97 Å². The van der Waals surface area contributed by atoms with Gasteiger partial charge in [0.25, 0.3) is 5.56 Å². The standard InChI is InChI=1S/C14H13FN2O4/c1-20-12-5-6-13(18)17(16-12)8-9-3-4-10(11(15)7-9)14(19)21-2/h3-7H,8H2,1-2H3. The van der Waals surface area contributed by atoms with Gasteiger partial charge >= 0.3 is 5.97 Å². The van der Waals surface area contributed by atoms with Gasteiger partial charge in [0.15, 0.2) is 0 Å². The van der Waals surface area contributed by atoms with Crippen LogP contribution >= 0.6 is 0 Å². The first-order chi connectivity index (χ1) is 10.0. The summed E-state index contributed by atoms with van der Waals surface area (Å²) in [6.45, 7) is 0.0639. The summed E-state index contributed by atoms with van der Waals surface area (Å²) in [4.78, 5) is 23.0. The number of carbonyl (C=O) groups excluding carboxylic acids is 1. The Morgan fingerprint density at radius 2 is 2.05 bits per heavy atom. The Morgan fingerprint density at radius 1 is 1.29 bits per heavy atom. The fourth-order valence-electron chi connectivity index (χ4n) is 1.76. The number of methoxy groups -OCH3 is 2. The molecule has 110 valence electrons. The van der Waals surface area contributed by atoms with E-state index in [-0.39, 0.29) is 23.5 Å². The molecule has 6 nitrogen and oxygen atoms in total. The molecule has 0 fully saturated rings. The van der Waals surface area contributed by atoms with Crippen LogP contribution in [0.15, 0.2) is 35.1 Å². The van der Waals surface area contributed by atoms with E-state index in [0.29, 0.717) is 5.56 Å². The number of aromatic nitrogens is 2. The number of carbonyl (C=O) groups is 1. The minimum absolute atomic E-state index is 0.0639. The van der Waals surface area contributed by atoms with Crippen LogP contribution in [0.1, 0.15) is 15.9 Å². The third-order valence-electron chi connectivity index (χ3n) is 2.82. The average molecular weight is 292 g/mol. The second-order valence-electron chi connectivity index (χ2n) is 4.18. The highest BCUT2D eigenvalue weighted by molar-refractivity contribution is 5.89. The molecule has 0 saturated heterocycles. The van der Waals surface area contributed by atoms with E-state index in [9.17, 15) is 14.0 Å². The highest BCUT2D eigenvalue weighted by atomic mass is 19.1. The first kappa shape index (κ1) is 14.7. The number of hydrogen-bond donors (Lipinski definition) is 0. The normalized spacial score (nSPS) is 10.2. The first-order valence-corrected chi connectivity index (χ1v) is 6.04. The van der Waals surface area contributed by atoms with Crippen LogP contribution in [0.25, 0.3) is 0 Å². The zero-order chi connectivity index (χ0) is 15.4. The van der Waals surface area contributed by atoms with E-state index in [1.807, 2.05) is 0 Å². The molecule has 0 atom stereocenters. The molecule has 2 aromatic rings. The summed E-state index contributed by atoms with van der Waals surface area (Å²) < 4.78 is 24.3. The molecular formula is C14H13FN2O4. The minimum Gasteiger partial charge on any atom is -0.480 e. The smallest absolute Gasteiger partial charge is 0.340 e. The number of halogens is 1. The van der Waals surface area contributed by atoms with Gasteiger partial charge in [-0.05, 0) is 17.7 Å². The third-order valence-corrected chi connectivity index (χ3v) is 2.82. The molecule has 1 aromatic heterocycles. The SMILES string of the molecule is COC(=O)c1ccc(Cn2nc(OC)ccc2=O)cc1F. The molecule has 0 saturated carbocycles. The van der Waals surface area contributed by atoms with Crippen LogP contribution in [-0.4, -0.2) is 30.0 Å². The maximum absolute atomic E-state index is 13.8. The van der Waals surface area contributed by atoms with Gasteiger partial charge in [0, 0.05) is 12.1 Å². The van der Waals surface area contributed by atoms with Gasteiger partial charge in [-0.3, -0.25) is 4.79 Å². The van der Waals surface area contributed by atoms with Crippen LogP contribution < -0.4 is 10.3 Å². The molecule has 0 aliphatic carbocycles. The van der Waals surface area contributed by atoms with Gasteiger partial charge in [-0.1, -0.05) is 6.07 Å². The van der Waals surface area contributed by atoms with Crippen molar-refractivity contribution in [1.82, 2.24) is 9.78 Å². The van der Waals surface area contributed by atoms with Gasteiger partial charge in [0.2, 0.25) is 5.88 Å². The van der Waals surface area contributed by atoms with Crippen LogP contribution in [0, 0.1) is 5.82 Å². The summed E-state index contributed by atoms with van der Waals surface area (Å²) in [6, 6.07) is 6.76. The van der Waals surface area contributed by atoms with Crippen molar-refractivity contribution in [2.45, 2.75) is 6.54 Å². The Morgan fingerprint density at radius 3 is 2.67 bits per heavy atom. The number of ether oxygens (including phenoxy) is 2. The van der Waals surface area contributed by atoms with Crippen molar-refractivity contribution in [3.8, 4) is 5.88 Å². The predicted octanol–water partition coefficient (Wildman–Crippen LogP) is 1.23. The highest BCUT2D eigenvalue weighted by Crippen LogP contribution is 2.12. The van der Waals surface area contributed by atoms with E-state index in [2.05, 4.69) is 9.84 Å². The van der Waals surface area contributed by atoms with Crippen LogP contribution in [0.4, 0.5) is 4.39 Å². The van der Waals surface area contributed by atoms with Crippen molar-refractivity contribution in [2.24, 2.45) is 0 Å². The molecule has 0 radical (unpaired) electrons. The third kappa shape index (κ3) is 3.25. The fourth-order valence-corrected chi connectivity index (χ4v) is 1.76. The topological polar surface area (TPSA) is 70.4 Å². The monoisotopic (exact) mass is 292 g/mol. The minimum atomic E-state index is -0.754. The number of rotatable bonds is 4. The summed E-state index contributed by atoms with van der Waals surface area (Å²) in [7, 11) is 2.61. The van der Waals surface area contributed by atoms with E-state index in [4.69, 9.17) is 4.74 Å². The Labute approximate surface area is 119 Å². The van der Waals surface area contributed by atoms with Crippen molar-refractivity contribution in [2.75, 3.05) is 14.2 Å². The van der Waals surface area contributed by atoms with Crippen LogP contribution in [0.2, 0.25) is 0 Å². The molecule has 0 bridgehead atoms. The molecule has 2 rings (SSSR count). The van der Waals surface area contributed by atoms with Crippen molar-refractivity contribution in [3.63, 3.8) is 0 Å². The number of hydrogen-bond acceptors (Lipinski definition) is 5. The van der Waals surface area contributed by atoms with Crippen molar-refractivity contribution in [3.05, 3.63) is 57.6 Å². The molecule has 0 spiro atoms. The second-order valence-corrected chi connectivity index (χ2v) is 4.18. The predicted molar refractivity (Wildman–Crippen MR) is 71.9 cm³/mol. The lowest BCUT2D eigenvalue weighted by Gasteiger charge is -2.07. The van der Waals surface area contributed by atoms with E-state index < -0.39 is 11.8 Å². The second kappa shape index (κ2) is 6.17. The van der Waals surface area contributed by atoms with Gasteiger partial charge in [-0.15, -0.1) is 5.10 Å². The van der Waals surface area contributed by atoms with E-state index >= 15 is 0 Å². The lowest BCUT2D eigenvalue weighted by Crippen LogP contribution is -2.22. The van der Waals surface area contributed by atoms with Gasteiger partial charge < -0.3 is 9.47 Å². The summed E-state index contributed by atoms with van der Waals surface area (Å²) in [5.41, 5.74) is -0.0107. The molecule has 0 amide bonds. The van der Waals surface area contributed by atoms with Crippen molar-refractivity contribution < 1.29 is 18.7 Å². The van der Waals surface area contributed by atoms with Gasteiger partial charge in [-0.25, -0.2) is 13.9 Å². The number of nitrogens with zero attached hydrogens (tertiary/aromatic N) is 2. The Kier molecular flexibility index (Phi) is 4.32. The van der Waals surface area contributed by atoms with Crippen LogP contribution in [0.3, 0.4) is 0 Å². The van der Waals surface area contributed by atoms with Gasteiger partial charge in [0.05, 0.1) is 26.3 Å². The zero-order valence-electron chi connectivity index (χ0n) is 11.5. The summed E-state index contributed by atoms with van der Waals surface area (Å²) in [5.74, 6) is -1.19. The molecule has 0 aliphatic heterocycles. The Balaban J connectivity index is 2.30. The van der Waals surface area contributed by atoms with E-state index in [1.165, 1.54) is 44.6 Å². The molecule has 0 aliphatic rings. The van der Waals surface area contributed by atoms with Crippen molar-refractivity contribution in [1.29, 1.82) is 0 Å². The van der Waals surface area contributed by atoms with Gasteiger partial charge in [0.1, 0.15) is 5.82 Å². The highest BCUT2D eigenvalue weighted by Gasteiger charge is 2.13. The Bertz CT molecular complexity index is 727. The molecule has 21 heavy (non-hydrogen) atoms. The van der Waals surface area contributed by atoms with E-state index in [0.717, 1.165) is 4.68 Å². The lowest BCUT2D eigenvalue weighted by molar-refractivity contribution is 0.0595.